The lowest BCUT2D eigenvalue weighted by molar-refractivity contribution is -0.119. The van der Waals surface area contributed by atoms with Gasteiger partial charge in [-0.15, -0.1) is 0 Å². The summed E-state index contributed by atoms with van der Waals surface area (Å²) < 4.78 is 24.2. The van der Waals surface area contributed by atoms with Gasteiger partial charge in [-0.25, -0.2) is 0 Å². The highest BCUT2D eigenvalue weighted by Crippen LogP contribution is 2.49. The number of alkyl halides is 2. The Morgan fingerprint density at radius 2 is 1.88 bits per heavy atom. The first-order chi connectivity index (χ1) is 7.54. The van der Waals surface area contributed by atoms with Crippen molar-refractivity contribution in [2.45, 2.75) is 35.8 Å². The zero-order valence-electron chi connectivity index (χ0n) is 8.87. The molecule has 0 unspecified atom stereocenters. The van der Waals surface area contributed by atoms with E-state index in [1.807, 2.05) is 0 Å². The monoisotopic (exact) mass is 242 g/mol. The van der Waals surface area contributed by atoms with Crippen molar-refractivity contribution in [1.29, 1.82) is 0 Å². The third-order valence-corrected chi connectivity index (χ3v) is 3.78. The zero-order chi connectivity index (χ0) is 11.8. The maximum atomic E-state index is 12.1. The Labute approximate surface area is 97.2 Å². The average molecular weight is 242 g/mol. The van der Waals surface area contributed by atoms with Gasteiger partial charge in [0.05, 0.1) is 5.41 Å². The first-order valence-electron chi connectivity index (χ1n) is 5.11. The van der Waals surface area contributed by atoms with Crippen molar-refractivity contribution in [1.82, 2.24) is 0 Å². The second kappa shape index (κ2) is 4.17. The van der Waals surface area contributed by atoms with Crippen LogP contribution in [0.3, 0.4) is 0 Å². The number of rotatable bonds is 4. The quantitative estimate of drug-likeness (QED) is 0.750. The van der Waals surface area contributed by atoms with E-state index in [-0.39, 0.29) is 11.2 Å². The second-order valence-electron chi connectivity index (χ2n) is 4.04. The third kappa shape index (κ3) is 2.12. The number of hydrogen-bond donors (Lipinski definition) is 0. The molecule has 0 saturated heterocycles. The molecule has 0 N–H and O–H groups in total. The number of ketones is 1. The number of carbonyl (C=O) groups excluding carboxylic acids is 1. The predicted octanol–water partition coefficient (Wildman–Crippen LogP) is 3.62. The van der Waals surface area contributed by atoms with Crippen molar-refractivity contribution in [3.63, 3.8) is 0 Å². The lowest BCUT2D eigenvalue weighted by atomic mass is 9.92. The maximum Gasteiger partial charge on any atom is 0.288 e. The molecule has 0 heterocycles. The molecule has 1 aliphatic carbocycles. The van der Waals surface area contributed by atoms with E-state index in [2.05, 4.69) is 0 Å². The Balaban J connectivity index is 2.17. The summed E-state index contributed by atoms with van der Waals surface area (Å²) >= 11 is 0.528. The van der Waals surface area contributed by atoms with Crippen LogP contribution in [0.25, 0.3) is 0 Å². The molecule has 86 valence electrons. The molecule has 1 saturated carbocycles. The molecule has 0 amide bonds. The zero-order valence-corrected chi connectivity index (χ0v) is 9.69. The molecule has 1 fully saturated rings. The fraction of sp³-hybridized carbons (Fsp3) is 0.417. The average Bonchev–Trinajstić information content (AvgIpc) is 2.98. The summed E-state index contributed by atoms with van der Waals surface area (Å²) in [6.07, 6.45) is 1.76. The van der Waals surface area contributed by atoms with Crippen molar-refractivity contribution < 1.29 is 13.6 Å². The van der Waals surface area contributed by atoms with Gasteiger partial charge in [0.2, 0.25) is 0 Å². The Kier molecular flexibility index (Phi) is 3.02. The summed E-state index contributed by atoms with van der Waals surface area (Å²) in [5, 5.41) is 0. The molecule has 0 bridgehead atoms. The topological polar surface area (TPSA) is 17.1 Å². The van der Waals surface area contributed by atoms with Gasteiger partial charge < -0.3 is 0 Å². The minimum absolute atomic E-state index is 0.168. The predicted molar refractivity (Wildman–Crippen MR) is 59.9 cm³/mol. The largest absolute Gasteiger partial charge is 0.299 e. The van der Waals surface area contributed by atoms with Crippen molar-refractivity contribution >= 4 is 17.5 Å². The second-order valence-corrected chi connectivity index (χ2v) is 5.10. The van der Waals surface area contributed by atoms with Gasteiger partial charge in [-0.2, -0.15) is 8.78 Å². The van der Waals surface area contributed by atoms with Gasteiger partial charge in [0.15, 0.2) is 0 Å². The minimum Gasteiger partial charge on any atom is -0.299 e. The number of carbonyl (C=O) groups is 1. The van der Waals surface area contributed by atoms with E-state index in [0.717, 1.165) is 18.4 Å². The van der Waals surface area contributed by atoms with Crippen LogP contribution in [0.1, 0.15) is 25.3 Å². The molecule has 1 aromatic rings. The Morgan fingerprint density at radius 1 is 1.31 bits per heavy atom. The van der Waals surface area contributed by atoms with Gasteiger partial charge in [-0.1, -0.05) is 23.9 Å². The van der Waals surface area contributed by atoms with Gasteiger partial charge >= 0.3 is 0 Å². The highest BCUT2D eigenvalue weighted by atomic mass is 32.2. The van der Waals surface area contributed by atoms with Crippen molar-refractivity contribution in [3.05, 3.63) is 29.8 Å². The summed E-state index contributed by atoms with van der Waals surface area (Å²) in [7, 11) is 0. The molecule has 16 heavy (non-hydrogen) atoms. The van der Waals surface area contributed by atoms with E-state index in [1.54, 1.807) is 31.2 Å². The molecular weight excluding hydrogens is 230 g/mol. The highest BCUT2D eigenvalue weighted by molar-refractivity contribution is 7.99. The molecule has 1 aromatic carbocycles. The van der Waals surface area contributed by atoms with E-state index in [4.69, 9.17) is 0 Å². The van der Waals surface area contributed by atoms with Crippen LogP contribution in [0.15, 0.2) is 29.2 Å². The van der Waals surface area contributed by atoms with Crippen LogP contribution in [0.5, 0.6) is 0 Å². The molecule has 4 heteroatoms. The van der Waals surface area contributed by atoms with Gasteiger partial charge in [-0.3, -0.25) is 4.79 Å². The number of Topliss-reactive ketones (excluding diaryl/α,β-unsaturated/α-hetero) is 1. The third-order valence-electron chi connectivity index (χ3n) is 3.06. The molecule has 1 aliphatic rings. The smallest absolute Gasteiger partial charge is 0.288 e. The molecular formula is C12H12F2OS. The van der Waals surface area contributed by atoms with Crippen LogP contribution in [0, 0.1) is 0 Å². The minimum atomic E-state index is -2.39. The van der Waals surface area contributed by atoms with E-state index in [9.17, 15) is 13.6 Å². The summed E-state index contributed by atoms with van der Waals surface area (Å²) in [6, 6.07) is 6.91. The first kappa shape index (κ1) is 11.6. The number of hydrogen-bond acceptors (Lipinski definition) is 2. The number of halogens is 2. The molecule has 0 atom stereocenters. The molecule has 1 nitrogen and oxygen atoms in total. The van der Waals surface area contributed by atoms with Crippen LogP contribution in [-0.2, 0) is 10.2 Å². The van der Waals surface area contributed by atoms with Crippen LogP contribution < -0.4 is 0 Å². The fourth-order valence-electron chi connectivity index (χ4n) is 1.92. The summed E-state index contributed by atoms with van der Waals surface area (Å²) in [4.78, 5) is 12.0. The Bertz CT molecular complexity index is 396. The van der Waals surface area contributed by atoms with Crippen molar-refractivity contribution in [2.24, 2.45) is 0 Å². The van der Waals surface area contributed by atoms with Crippen LogP contribution >= 0.6 is 11.8 Å². The van der Waals surface area contributed by atoms with E-state index >= 15 is 0 Å². The van der Waals surface area contributed by atoms with Gasteiger partial charge in [0, 0.05) is 4.90 Å². The van der Waals surface area contributed by atoms with E-state index in [0.29, 0.717) is 16.7 Å². The van der Waals surface area contributed by atoms with Crippen LogP contribution in [0.4, 0.5) is 8.78 Å². The number of thioether (sulfide) groups is 1. The lowest BCUT2D eigenvalue weighted by Crippen LogP contribution is -2.16. The van der Waals surface area contributed by atoms with Gasteiger partial charge in [0.25, 0.3) is 5.76 Å². The summed E-state index contributed by atoms with van der Waals surface area (Å²) in [6.45, 7) is 1.59. The van der Waals surface area contributed by atoms with Crippen LogP contribution in [0.2, 0.25) is 0 Å². The lowest BCUT2D eigenvalue weighted by Gasteiger charge is -2.12. The standard InChI is InChI=1S/C12H12F2OS/c1-8(15)12(6-7-12)9-2-4-10(5-3-9)16-11(13)14/h2-5,11H,6-7H2,1H3. The van der Waals surface area contributed by atoms with E-state index < -0.39 is 5.76 Å². The molecule has 0 aromatic heterocycles. The molecule has 0 aliphatic heterocycles. The fourth-order valence-corrected chi connectivity index (χ4v) is 2.42. The Hall–Kier alpha value is -0.900. The van der Waals surface area contributed by atoms with E-state index in [1.165, 1.54) is 0 Å². The molecule has 0 spiro atoms. The summed E-state index contributed by atoms with van der Waals surface area (Å²) in [5.74, 6) is -2.23. The SMILES string of the molecule is CC(=O)C1(c2ccc(SC(F)F)cc2)CC1. The highest BCUT2D eigenvalue weighted by Gasteiger charge is 2.48. The van der Waals surface area contributed by atoms with Crippen molar-refractivity contribution in [2.75, 3.05) is 0 Å². The van der Waals surface area contributed by atoms with Gasteiger partial charge in [-0.05, 0) is 37.5 Å². The molecule has 0 radical (unpaired) electrons. The molecule has 2 rings (SSSR count). The van der Waals surface area contributed by atoms with Crippen LogP contribution in [-0.4, -0.2) is 11.5 Å². The normalized spacial score (nSPS) is 17.5. The summed E-state index contributed by atoms with van der Waals surface area (Å²) in [5.41, 5.74) is 0.646. The van der Waals surface area contributed by atoms with Gasteiger partial charge in [0.1, 0.15) is 5.78 Å². The van der Waals surface area contributed by atoms with Crippen molar-refractivity contribution in [3.8, 4) is 0 Å². The first-order valence-corrected chi connectivity index (χ1v) is 5.99. The Morgan fingerprint density at radius 3 is 2.25 bits per heavy atom. The number of benzene rings is 1. The maximum absolute atomic E-state index is 12.1.